The fourth-order valence-corrected chi connectivity index (χ4v) is 1.97. The standard InChI is InChI=1S/C17H22N2O/c1-6-16(15-10-8-7-9-11-15)12(2)17(13(3)20-5)19-14(4)18/h6-11H,3H2,1-2,4-5H3,(H2,18,19)/b16-6+,17-12+. The van der Waals surface area contributed by atoms with Crippen LogP contribution in [0.4, 0.5) is 0 Å². The third kappa shape index (κ3) is 3.85. The number of methoxy groups -OCH3 is 1. The van der Waals surface area contributed by atoms with Gasteiger partial charge in [-0.25, -0.2) is 4.99 Å². The monoisotopic (exact) mass is 270 g/mol. The Kier molecular flexibility index (Phi) is 5.78. The highest BCUT2D eigenvalue weighted by atomic mass is 16.5. The summed E-state index contributed by atoms with van der Waals surface area (Å²) in [6, 6.07) is 10.1. The quantitative estimate of drug-likeness (QED) is 0.382. The van der Waals surface area contributed by atoms with Gasteiger partial charge in [-0.2, -0.15) is 0 Å². The Balaban J connectivity index is 3.40. The Hall–Kier alpha value is -2.29. The molecule has 3 heteroatoms. The summed E-state index contributed by atoms with van der Waals surface area (Å²) in [6.07, 6.45) is 2.05. The van der Waals surface area contributed by atoms with Gasteiger partial charge in [0, 0.05) is 0 Å². The zero-order valence-corrected chi connectivity index (χ0v) is 12.6. The molecule has 0 radical (unpaired) electrons. The fourth-order valence-electron chi connectivity index (χ4n) is 1.97. The minimum atomic E-state index is 0.473. The molecule has 0 aliphatic carbocycles. The van der Waals surface area contributed by atoms with Gasteiger partial charge in [0.05, 0.1) is 12.9 Å². The predicted molar refractivity (Wildman–Crippen MR) is 86.2 cm³/mol. The normalized spacial score (nSPS) is 13.8. The molecule has 0 amide bonds. The van der Waals surface area contributed by atoms with Crippen LogP contribution in [-0.2, 0) is 4.74 Å². The highest BCUT2D eigenvalue weighted by Gasteiger charge is 2.12. The summed E-state index contributed by atoms with van der Waals surface area (Å²) in [5, 5.41) is 0. The molecular weight excluding hydrogens is 248 g/mol. The second kappa shape index (κ2) is 7.34. The zero-order chi connectivity index (χ0) is 15.1. The molecule has 1 aromatic carbocycles. The van der Waals surface area contributed by atoms with Crippen LogP contribution < -0.4 is 5.73 Å². The van der Waals surface area contributed by atoms with E-state index < -0.39 is 0 Å². The summed E-state index contributed by atoms with van der Waals surface area (Å²) < 4.78 is 5.22. The lowest BCUT2D eigenvalue weighted by molar-refractivity contribution is 0.301. The second-order valence-electron chi connectivity index (χ2n) is 4.42. The van der Waals surface area contributed by atoms with E-state index in [-0.39, 0.29) is 0 Å². The van der Waals surface area contributed by atoms with Gasteiger partial charge < -0.3 is 10.5 Å². The van der Waals surface area contributed by atoms with Crippen LogP contribution in [-0.4, -0.2) is 12.9 Å². The molecule has 3 nitrogen and oxygen atoms in total. The average molecular weight is 270 g/mol. The van der Waals surface area contributed by atoms with Crippen LogP contribution in [0.3, 0.4) is 0 Å². The highest BCUT2D eigenvalue weighted by Crippen LogP contribution is 2.28. The number of nitrogens with zero attached hydrogens (tertiary/aromatic N) is 1. The number of benzene rings is 1. The third-order valence-electron chi connectivity index (χ3n) is 2.93. The maximum Gasteiger partial charge on any atom is 0.137 e. The molecule has 0 heterocycles. The molecule has 0 spiro atoms. The van der Waals surface area contributed by atoms with Crippen LogP contribution in [0.2, 0.25) is 0 Å². The summed E-state index contributed by atoms with van der Waals surface area (Å²) >= 11 is 0. The SMILES string of the molecule is C=C(OC)/C(N=C(C)N)=C(C)\C(=C/C)c1ccccc1. The van der Waals surface area contributed by atoms with Crippen molar-refractivity contribution < 1.29 is 4.74 Å². The minimum Gasteiger partial charge on any atom is -0.495 e. The van der Waals surface area contributed by atoms with E-state index in [0.29, 0.717) is 17.3 Å². The number of allylic oxidation sites excluding steroid dienone is 3. The molecule has 0 aliphatic heterocycles. The number of hydrogen-bond donors (Lipinski definition) is 1. The molecule has 0 bridgehead atoms. The van der Waals surface area contributed by atoms with E-state index in [2.05, 4.69) is 29.8 Å². The van der Waals surface area contributed by atoms with Crippen molar-refractivity contribution in [3.8, 4) is 0 Å². The molecule has 1 rings (SSSR count). The molecule has 0 saturated heterocycles. The van der Waals surface area contributed by atoms with Crippen molar-refractivity contribution in [3.63, 3.8) is 0 Å². The third-order valence-corrected chi connectivity index (χ3v) is 2.93. The molecule has 2 N–H and O–H groups in total. The summed E-state index contributed by atoms with van der Waals surface area (Å²) in [5.74, 6) is 0.976. The van der Waals surface area contributed by atoms with Crippen molar-refractivity contribution in [1.82, 2.24) is 0 Å². The summed E-state index contributed by atoms with van der Waals surface area (Å²) in [4.78, 5) is 4.35. The molecule has 0 atom stereocenters. The predicted octanol–water partition coefficient (Wildman–Crippen LogP) is 3.90. The summed E-state index contributed by atoms with van der Waals surface area (Å²) in [5.41, 5.74) is 9.57. The molecule has 20 heavy (non-hydrogen) atoms. The first kappa shape index (κ1) is 15.8. The van der Waals surface area contributed by atoms with Crippen LogP contribution in [0.1, 0.15) is 26.3 Å². The number of nitrogens with two attached hydrogens (primary N) is 1. The van der Waals surface area contributed by atoms with E-state index in [0.717, 1.165) is 16.7 Å². The topological polar surface area (TPSA) is 47.6 Å². The molecule has 0 unspecified atom stereocenters. The number of ether oxygens (including phenoxy) is 1. The van der Waals surface area contributed by atoms with E-state index in [1.54, 1.807) is 14.0 Å². The number of hydrogen-bond acceptors (Lipinski definition) is 2. The summed E-state index contributed by atoms with van der Waals surface area (Å²) in [6.45, 7) is 9.62. The molecule has 0 aromatic heterocycles. The van der Waals surface area contributed by atoms with Crippen LogP contribution in [0, 0.1) is 0 Å². The first-order valence-electron chi connectivity index (χ1n) is 6.48. The molecule has 0 fully saturated rings. The zero-order valence-electron chi connectivity index (χ0n) is 12.6. The Labute approximate surface area is 121 Å². The maximum atomic E-state index is 5.70. The first-order valence-corrected chi connectivity index (χ1v) is 6.48. The Morgan fingerprint density at radius 3 is 2.30 bits per heavy atom. The molecular formula is C17H22N2O. The van der Waals surface area contributed by atoms with Crippen molar-refractivity contribution in [3.05, 3.63) is 65.6 Å². The van der Waals surface area contributed by atoms with Crippen molar-refractivity contribution in [1.29, 1.82) is 0 Å². The average Bonchev–Trinajstić information content (AvgIpc) is 2.45. The van der Waals surface area contributed by atoms with Gasteiger partial charge in [0.25, 0.3) is 0 Å². The molecule has 0 aliphatic rings. The van der Waals surface area contributed by atoms with Crippen LogP contribution in [0.25, 0.3) is 5.57 Å². The fraction of sp³-hybridized carbons (Fsp3) is 0.235. The van der Waals surface area contributed by atoms with Crippen LogP contribution in [0.5, 0.6) is 0 Å². The van der Waals surface area contributed by atoms with Crippen LogP contribution >= 0.6 is 0 Å². The van der Waals surface area contributed by atoms with E-state index in [4.69, 9.17) is 10.5 Å². The molecule has 1 aromatic rings. The minimum absolute atomic E-state index is 0.473. The van der Waals surface area contributed by atoms with Gasteiger partial charge in [-0.3, -0.25) is 0 Å². The smallest absolute Gasteiger partial charge is 0.137 e. The van der Waals surface area contributed by atoms with Gasteiger partial charge in [-0.15, -0.1) is 0 Å². The van der Waals surface area contributed by atoms with Gasteiger partial charge in [0.15, 0.2) is 0 Å². The van der Waals surface area contributed by atoms with Crippen LogP contribution in [0.15, 0.2) is 65.0 Å². The number of rotatable bonds is 5. The number of amidine groups is 1. The lowest BCUT2D eigenvalue weighted by Gasteiger charge is -2.14. The van der Waals surface area contributed by atoms with Crippen molar-refractivity contribution >= 4 is 11.4 Å². The lowest BCUT2D eigenvalue weighted by atomic mass is 9.97. The van der Waals surface area contributed by atoms with E-state index in [9.17, 15) is 0 Å². The summed E-state index contributed by atoms with van der Waals surface area (Å²) in [7, 11) is 1.58. The van der Waals surface area contributed by atoms with Gasteiger partial charge in [-0.05, 0) is 37.5 Å². The second-order valence-corrected chi connectivity index (χ2v) is 4.42. The first-order chi connectivity index (χ1) is 9.51. The van der Waals surface area contributed by atoms with Gasteiger partial charge in [0.1, 0.15) is 11.5 Å². The van der Waals surface area contributed by atoms with E-state index >= 15 is 0 Å². The van der Waals surface area contributed by atoms with E-state index in [1.165, 1.54) is 0 Å². The Bertz CT molecular complexity index is 562. The van der Waals surface area contributed by atoms with Gasteiger partial charge in [-0.1, -0.05) is 43.0 Å². The maximum absolute atomic E-state index is 5.70. The van der Waals surface area contributed by atoms with Gasteiger partial charge in [0.2, 0.25) is 0 Å². The van der Waals surface area contributed by atoms with Crippen molar-refractivity contribution in [2.24, 2.45) is 10.7 Å². The molecule has 106 valence electrons. The highest BCUT2D eigenvalue weighted by molar-refractivity contribution is 5.83. The molecule has 0 saturated carbocycles. The van der Waals surface area contributed by atoms with Gasteiger partial charge >= 0.3 is 0 Å². The number of aliphatic imine (C=N–C) groups is 1. The lowest BCUT2D eigenvalue weighted by Crippen LogP contribution is -2.07. The Morgan fingerprint density at radius 2 is 1.85 bits per heavy atom. The largest absolute Gasteiger partial charge is 0.495 e. The van der Waals surface area contributed by atoms with E-state index in [1.807, 2.05) is 32.0 Å². The van der Waals surface area contributed by atoms with Crippen molar-refractivity contribution in [2.75, 3.05) is 7.11 Å². The van der Waals surface area contributed by atoms with Crippen molar-refractivity contribution in [2.45, 2.75) is 20.8 Å². The Morgan fingerprint density at radius 1 is 1.25 bits per heavy atom.